The van der Waals surface area contributed by atoms with Crippen molar-refractivity contribution in [2.45, 2.75) is 39.9 Å². The van der Waals surface area contributed by atoms with Gasteiger partial charge in [0.05, 0.1) is 0 Å². The van der Waals surface area contributed by atoms with E-state index in [-0.39, 0.29) is 0 Å². The van der Waals surface area contributed by atoms with E-state index in [0.717, 1.165) is 17.5 Å². The Morgan fingerprint density at radius 1 is 1.11 bits per heavy atom. The zero-order valence-corrected chi connectivity index (χ0v) is 12.9. The highest BCUT2D eigenvalue weighted by Crippen LogP contribution is 2.11. The third-order valence-electron chi connectivity index (χ3n) is 2.94. The second-order valence-corrected chi connectivity index (χ2v) is 10.2. The minimum Gasteiger partial charge on any atom is -0.423 e. The molecule has 0 radical (unpaired) electrons. The van der Waals surface area contributed by atoms with Crippen LogP contribution < -0.4 is 5.46 Å². The molecule has 0 saturated heterocycles. The van der Waals surface area contributed by atoms with E-state index in [1.165, 1.54) is 5.56 Å². The van der Waals surface area contributed by atoms with E-state index in [4.69, 9.17) is 4.43 Å². The number of benzene rings is 1. The molecule has 0 amide bonds. The third-order valence-corrected chi connectivity index (χ3v) is 4.01. The van der Waals surface area contributed by atoms with Gasteiger partial charge in [-0.3, -0.25) is 0 Å². The molecule has 0 saturated carbocycles. The fourth-order valence-corrected chi connectivity index (χ4v) is 2.54. The summed E-state index contributed by atoms with van der Waals surface area (Å²) in [6.07, 6.45) is 0.721. The van der Waals surface area contributed by atoms with Crippen molar-refractivity contribution in [1.29, 1.82) is 0 Å². The molecular formula is C13H23BO3Si. The van der Waals surface area contributed by atoms with Crippen LogP contribution in [0.25, 0.3) is 0 Å². The maximum Gasteiger partial charge on any atom is 0.488 e. The van der Waals surface area contributed by atoms with Crippen LogP contribution in [0.3, 0.4) is 0 Å². The normalized spacial score (nSPS) is 11.7. The molecule has 0 spiro atoms. The smallest absolute Gasteiger partial charge is 0.423 e. The number of rotatable bonds is 5. The summed E-state index contributed by atoms with van der Waals surface area (Å²) in [6, 6.07) is 3.88. The molecule has 0 unspecified atom stereocenters. The molecule has 2 N–H and O–H groups in total. The summed E-state index contributed by atoms with van der Waals surface area (Å²) in [5.74, 6) is 0. The molecule has 18 heavy (non-hydrogen) atoms. The maximum atomic E-state index is 9.40. The fourth-order valence-electron chi connectivity index (χ4n) is 1.82. The van der Waals surface area contributed by atoms with Crippen molar-refractivity contribution in [2.24, 2.45) is 0 Å². The first-order valence-electron chi connectivity index (χ1n) is 6.31. The lowest BCUT2D eigenvalue weighted by atomic mass is 9.75. The minimum atomic E-state index is -1.51. The van der Waals surface area contributed by atoms with Crippen LogP contribution >= 0.6 is 0 Å². The molecule has 100 valence electrons. The van der Waals surface area contributed by atoms with Crippen molar-refractivity contribution in [3.05, 3.63) is 28.8 Å². The number of aryl methyl sites for hydroxylation is 2. The van der Waals surface area contributed by atoms with Gasteiger partial charge >= 0.3 is 7.12 Å². The molecule has 0 aromatic heterocycles. The van der Waals surface area contributed by atoms with Crippen molar-refractivity contribution in [1.82, 2.24) is 0 Å². The maximum absolute atomic E-state index is 9.40. The average Bonchev–Trinajstić information content (AvgIpc) is 2.20. The average molecular weight is 266 g/mol. The van der Waals surface area contributed by atoms with Crippen LogP contribution in [0.4, 0.5) is 0 Å². The zero-order chi connectivity index (χ0) is 13.9. The van der Waals surface area contributed by atoms with Gasteiger partial charge in [-0.1, -0.05) is 12.1 Å². The monoisotopic (exact) mass is 266 g/mol. The Balaban J connectivity index is 2.84. The molecule has 0 fully saturated rings. The molecule has 1 rings (SSSR count). The van der Waals surface area contributed by atoms with Gasteiger partial charge in [0.25, 0.3) is 0 Å². The second kappa shape index (κ2) is 6.02. The summed E-state index contributed by atoms with van der Waals surface area (Å²) >= 11 is 0. The molecular weight excluding hydrogens is 243 g/mol. The van der Waals surface area contributed by atoms with E-state index >= 15 is 0 Å². The summed E-state index contributed by atoms with van der Waals surface area (Å²) in [5.41, 5.74) is 3.80. The van der Waals surface area contributed by atoms with Gasteiger partial charge in [0.15, 0.2) is 8.32 Å². The van der Waals surface area contributed by atoms with E-state index in [9.17, 15) is 10.0 Å². The summed E-state index contributed by atoms with van der Waals surface area (Å²) < 4.78 is 5.81. The first-order valence-corrected chi connectivity index (χ1v) is 9.71. The van der Waals surface area contributed by atoms with Crippen molar-refractivity contribution < 1.29 is 14.5 Å². The van der Waals surface area contributed by atoms with Gasteiger partial charge < -0.3 is 14.5 Å². The van der Waals surface area contributed by atoms with Crippen molar-refractivity contribution in [3.8, 4) is 0 Å². The summed E-state index contributed by atoms with van der Waals surface area (Å²) in [6.45, 7) is 11.1. The lowest BCUT2D eigenvalue weighted by Crippen LogP contribution is -2.34. The largest absolute Gasteiger partial charge is 0.488 e. The van der Waals surface area contributed by atoms with Crippen molar-refractivity contribution >= 4 is 20.9 Å². The highest BCUT2D eigenvalue weighted by molar-refractivity contribution is 6.69. The predicted molar refractivity (Wildman–Crippen MR) is 78.7 cm³/mol. The molecule has 0 atom stereocenters. The van der Waals surface area contributed by atoms with Gasteiger partial charge in [-0.25, -0.2) is 0 Å². The molecule has 0 bridgehead atoms. The Kier molecular flexibility index (Phi) is 5.16. The SMILES string of the molecule is Cc1cc(CCO[Si](C)(C)C)c(B(O)O)cc1C. The van der Waals surface area contributed by atoms with Gasteiger partial charge in [-0.2, -0.15) is 0 Å². The Hall–Kier alpha value is -0.618. The summed E-state index contributed by atoms with van der Waals surface area (Å²) in [7, 11) is -2.92. The van der Waals surface area contributed by atoms with Gasteiger partial charge in [0, 0.05) is 6.61 Å². The van der Waals surface area contributed by atoms with Crippen LogP contribution in [-0.4, -0.2) is 32.1 Å². The lowest BCUT2D eigenvalue weighted by molar-refractivity contribution is 0.316. The molecule has 0 heterocycles. The van der Waals surface area contributed by atoms with E-state index in [2.05, 4.69) is 19.6 Å². The van der Waals surface area contributed by atoms with Gasteiger partial charge in [0.1, 0.15) is 0 Å². The molecule has 5 heteroatoms. The van der Waals surface area contributed by atoms with Crippen molar-refractivity contribution in [3.63, 3.8) is 0 Å². The Labute approximate surface area is 111 Å². The van der Waals surface area contributed by atoms with E-state index < -0.39 is 15.4 Å². The first kappa shape index (κ1) is 15.4. The molecule has 1 aromatic carbocycles. The molecule has 1 aromatic rings. The highest BCUT2D eigenvalue weighted by atomic mass is 28.4. The van der Waals surface area contributed by atoms with Crippen LogP contribution in [-0.2, 0) is 10.8 Å². The minimum absolute atomic E-state index is 0.595. The van der Waals surface area contributed by atoms with E-state index in [1.807, 2.05) is 26.0 Å². The van der Waals surface area contributed by atoms with Crippen LogP contribution in [0, 0.1) is 13.8 Å². The first-order chi connectivity index (χ1) is 8.20. The Morgan fingerprint density at radius 2 is 1.67 bits per heavy atom. The van der Waals surface area contributed by atoms with Crippen LogP contribution in [0.5, 0.6) is 0 Å². The van der Waals surface area contributed by atoms with E-state index in [0.29, 0.717) is 12.1 Å². The summed E-state index contributed by atoms with van der Waals surface area (Å²) in [4.78, 5) is 0. The van der Waals surface area contributed by atoms with Crippen LogP contribution in [0.1, 0.15) is 16.7 Å². The molecule has 0 aliphatic rings. The predicted octanol–water partition coefficient (Wildman–Crippen LogP) is 1.38. The second-order valence-electron chi connectivity index (χ2n) is 5.72. The quantitative estimate of drug-likeness (QED) is 0.792. The van der Waals surface area contributed by atoms with Crippen LogP contribution in [0.15, 0.2) is 12.1 Å². The van der Waals surface area contributed by atoms with Crippen molar-refractivity contribution in [2.75, 3.05) is 6.61 Å². The standard InChI is InChI=1S/C13H23BO3Si/c1-10-8-12(6-7-17-18(3,4)5)13(14(15)16)9-11(10)2/h8-9,15-16H,6-7H2,1-5H3. The number of hydrogen-bond donors (Lipinski definition) is 2. The molecule has 0 aliphatic heterocycles. The summed E-state index contributed by atoms with van der Waals surface area (Å²) in [5, 5.41) is 18.8. The lowest BCUT2D eigenvalue weighted by Gasteiger charge is -2.18. The van der Waals surface area contributed by atoms with Gasteiger partial charge in [-0.05, 0) is 62.1 Å². The Bertz CT molecular complexity index is 413. The Morgan fingerprint density at radius 3 is 2.17 bits per heavy atom. The topological polar surface area (TPSA) is 49.7 Å². The third kappa shape index (κ3) is 4.57. The molecule has 3 nitrogen and oxygen atoms in total. The van der Waals surface area contributed by atoms with Gasteiger partial charge in [-0.15, -0.1) is 0 Å². The highest BCUT2D eigenvalue weighted by Gasteiger charge is 2.18. The molecule has 0 aliphatic carbocycles. The number of hydrogen-bond acceptors (Lipinski definition) is 3. The van der Waals surface area contributed by atoms with Crippen LogP contribution in [0.2, 0.25) is 19.6 Å². The van der Waals surface area contributed by atoms with Gasteiger partial charge in [0.2, 0.25) is 0 Å². The zero-order valence-electron chi connectivity index (χ0n) is 11.9. The fraction of sp³-hybridized carbons (Fsp3) is 0.538. The van der Waals surface area contributed by atoms with E-state index in [1.54, 1.807) is 0 Å².